The highest BCUT2D eigenvalue weighted by Gasteiger charge is 2.24. The lowest BCUT2D eigenvalue weighted by molar-refractivity contribution is -0.142. The van der Waals surface area contributed by atoms with Gasteiger partial charge in [-0.2, -0.15) is 0 Å². The summed E-state index contributed by atoms with van der Waals surface area (Å²) < 4.78 is 10.8. The van der Waals surface area contributed by atoms with Crippen LogP contribution in [0.2, 0.25) is 0 Å². The van der Waals surface area contributed by atoms with Crippen molar-refractivity contribution in [3.05, 3.63) is 45.6 Å². The molecule has 0 unspecified atom stereocenters. The van der Waals surface area contributed by atoms with Gasteiger partial charge >= 0.3 is 18.0 Å². The Hall–Kier alpha value is -2.88. The minimum Gasteiger partial charge on any atom is -0.463 e. The van der Waals surface area contributed by atoms with E-state index >= 15 is 0 Å². The van der Waals surface area contributed by atoms with Crippen LogP contribution in [0.3, 0.4) is 0 Å². The Bertz CT molecular complexity index is 775. The summed E-state index contributed by atoms with van der Waals surface area (Å²) in [6.07, 6.45) is 0. The Morgan fingerprint density at radius 2 is 1.89 bits per heavy atom. The lowest BCUT2D eigenvalue weighted by Gasteiger charge is -2.21. The SMILES string of the molecule is CCOC(=O)C1=C(COC(=O)CNC(=O)c2ccc(Br)cc2)NC(=O)NC1. The summed E-state index contributed by atoms with van der Waals surface area (Å²) in [5.74, 6) is -1.76. The molecule has 9 nitrogen and oxygen atoms in total. The van der Waals surface area contributed by atoms with Gasteiger partial charge in [0.2, 0.25) is 0 Å². The summed E-state index contributed by atoms with van der Waals surface area (Å²) in [7, 11) is 0. The van der Waals surface area contributed by atoms with Gasteiger partial charge in [0.15, 0.2) is 0 Å². The first kappa shape index (κ1) is 20.4. The number of carbonyl (C=O) groups is 4. The second kappa shape index (κ2) is 9.72. The molecule has 0 bridgehead atoms. The number of nitrogens with one attached hydrogen (secondary N) is 3. The molecule has 1 aliphatic rings. The van der Waals surface area contributed by atoms with Crippen LogP contribution in [0, 0.1) is 0 Å². The zero-order chi connectivity index (χ0) is 19.8. The standard InChI is InChI=1S/C17H18BrN3O6/c1-2-26-16(24)12-7-20-17(25)21-13(12)9-27-14(22)8-19-15(23)10-3-5-11(18)6-4-10/h3-6H,2,7-9H2,1H3,(H,19,23)(H2,20,21,25). The molecule has 1 aromatic carbocycles. The summed E-state index contributed by atoms with van der Waals surface area (Å²) in [6.45, 7) is 1.11. The van der Waals surface area contributed by atoms with E-state index in [0.717, 1.165) is 4.47 Å². The van der Waals surface area contributed by atoms with E-state index in [9.17, 15) is 19.2 Å². The molecule has 0 fully saturated rings. The molecule has 3 N–H and O–H groups in total. The van der Waals surface area contributed by atoms with Crippen LogP contribution < -0.4 is 16.0 Å². The number of ether oxygens (including phenoxy) is 2. The van der Waals surface area contributed by atoms with Crippen LogP contribution in [0.25, 0.3) is 0 Å². The first-order valence-corrected chi connectivity index (χ1v) is 8.83. The molecule has 0 aromatic heterocycles. The number of esters is 2. The van der Waals surface area contributed by atoms with Gasteiger partial charge in [-0.3, -0.25) is 9.59 Å². The van der Waals surface area contributed by atoms with E-state index in [1.165, 1.54) is 0 Å². The number of benzene rings is 1. The van der Waals surface area contributed by atoms with Gasteiger partial charge in [-0.1, -0.05) is 15.9 Å². The molecule has 3 amide bonds. The van der Waals surface area contributed by atoms with Crippen LogP contribution in [0.4, 0.5) is 4.79 Å². The topological polar surface area (TPSA) is 123 Å². The second-order valence-corrected chi connectivity index (χ2v) is 6.25. The summed E-state index contributed by atoms with van der Waals surface area (Å²) in [5, 5.41) is 7.29. The van der Waals surface area contributed by atoms with Gasteiger partial charge < -0.3 is 25.4 Å². The average Bonchev–Trinajstić information content (AvgIpc) is 2.65. The molecule has 27 heavy (non-hydrogen) atoms. The number of urea groups is 1. The molecule has 0 saturated carbocycles. The third-order valence-electron chi connectivity index (χ3n) is 3.45. The molecule has 2 rings (SSSR count). The zero-order valence-corrected chi connectivity index (χ0v) is 16.1. The van der Waals surface area contributed by atoms with Gasteiger partial charge in [-0.15, -0.1) is 0 Å². The molecule has 0 aliphatic carbocycles. The number of amides is 3. The van der Waals surface area contributed by atoms with Crippen LogP contribution in [0.15, 0.2) is 40.0 Å². The predicted octanol–water partition coefficient (Wildman–Crippen LogP) is 0.852. The first-order valence-electron chi connectivity index (χ1n) is 8.04. The Labute approximate surface area is 163 Å². The van der Waals surface area contributed by atoms with Crippen LogP contribution in [0.5, 0.6) is 0 Å². The van der Waals surface area contributed by atoms with E-state index in [2.05, 4.69) is 31.9 Å². The van der Waals surface area contributed by atoms with Crippen molar-refractivity contribution in [1.29, 1.82) is 0 Å². The Kier molecular flexibility index (Phi) is 7.35. The molecular weight excluding hydrogens is 422 g/mol. The summed E-state index contributed by atoms with van der Waals surface area (Å²) in [5.41, 5.74) is 0.705. The van der Waals surface area contributed by atoms with Gasteiger partial charge in [0, 0.05) is 10.0 Å². The lowest BCUT2D eigenvalue weighted by atomic mass is 10.2. The Morgan fingerprint density at radius 1 is 1.19 bits per heavy atom. The van der Waals surface area contributed by atoms with Gasteiger partial charge in [-0.05, 0) is 31.2 Å². The highest BCUT2D eigenvalue weighted by Crippen LogP contribution is 2.10. The fraction of sp³-hybridized carbons (Fsp3) is 0.294. The maximum atomic E-state index is 12.0. The van der Waals surface area contributed by atoms with Gasteiger partial charge in [0.25, 0.3) is 5.91 Å². The minimum absolute atomic E-state index is 0.0299. The normalized spacial score (nSPS) is 13.3. The quantitative estimate of drug-likeness (QED) is 0.541. The van der Waals surface area contributed by atoms with Crippen LogP contribution in [0.1, 0.15) is 17.3 Å². The summed E-state index contributed by atoms with van der Waals surface area (Å²) in [6, 6.07) is 6.10. The molecule has 10 heteroatoms. The minimum atomic E-state index is -0.719. The van der Waals surface area contributed by atoms with E-state index in [1.54, 1.807) is 31.2 Å². The third-order valence-corrected chi connectivity index (χ3v) is 3.98. The van der Waals surface area contributed by atoms with Gasteiger partial charge in [-0.25, -0.2) is 9.59 Å². The van der Waals surface area contributed by atoms with Gasteiger partial charge in [0.1, 0.15) is 13.2 Å². The number of carbonyl (C=O) groups excluding carboxylic acids is 4. The second-order valence-electron chi connectivity index (χ2n) is 5.34. The van der Waals surface area contributed by atoms with E-state index in [0.29, 0.717) is 5.56 Å². The number of halogens is 1. The maximum Gasteiger partial charge on any atom is 0.337 e. The van der Waals surface area contributed by atoms with Crippen molar-refractivity contribution in [2.24, 2.45) is 0 Å². The summed E-state index contributed by atoms with van der Waals surface area (Å²) in [4.78, 5) is 47.1. The van der Waals surface area contributed by atoms with Crippen molar-refractivity contribution in [3.63, 3.8) is 0 Å². The summed E-state index contributed by atoms with van der Waals surface area (Å²) >= 11 is 3.27. The fourth-order valence-electron chi connectivity index (χ4n) is 2.13. The number of rotatable bonds is 7. The van der Waals surface area contributed by atoms with E-state index in [1.807, 2.05) is 0 Å². The largest absolute Gasteiger partial charge is 0.463 e. The Morgan fingerprint density at radius 3 is 2.56 bits per heavy atom. The smallest absolute Gasteiger partial charge is 0.337 e. The highest BCUT2D eigenvalue weighted by atomic mass is 79.9. The third kappa shape index (κ3) is 6.10. The van der Waals surface area contributed by atoms with Crippen molar-refractivity contribution in [3.8, 4) is 0 Å². The van der Waals surface area contributed by atoms with E-state index in [-0.39, 0.29) is 37.6 Å². The molecule has 1 heterocycles. The highest BCUT2D eigenvalue weighted by molar-refractivity contribution is 9.10. The van der Waals surface area contributed by atoms with Crippen molar-refractivity contribution < 1.29 is 28.7 Å². The van der Waals surface area contributed by atoms with Crippen molar-refractivity contribution in [2.75, 3.05) is 26.3 Å². The molecular formula is C17H18BrN3O6. The van der Waals surface area contributed by atoms with Gasteiger partial charge in [0.05, 0.1) is 24.4 Å². The molecule has 0 radical (unpaired) electrons. The maximum absolute atomic E-state index is 12.0. The van der Waals surface area contributed by atoms with E-state index < -0.39 is 23.9 Å². The monoisotopic (exact) mass is 439 g/mol. The first-order chi connectivity index (χ1) is 12.9. The van der Waals surface area contributed by atoms with Crippen LogP contribution in [-0.4, -0.2) is 50.2 Å². The Balaban J connectivity index is 1.89. The van der Waals surface area contributed by atoms with Crippen LogP contribution in [-0.2, 0) is 19.1 Å². The molecule has 1 aromatic rings. The fourth-order valence-corrected chi connectivity index (χ4v) is 2.39. The van der Waals surface area contributed by atoms with Crippen LogP contribution >= 0.6 is 15.9 Å². The molecule has 0 atom stereocenters. The molecule has 1 aliphatic heterocycles. The predicted molar refractivity (Wildman–Crippen MR) is 97.6 cm³/mol. The molecule has 0 spiro atoms. The number of hydrogen-bond donors (Lipinski definition) is 3. The van der Waals surface area contributed by atoms with Crippen molar-refractivity contribution >= 4 is 39.8 Å². The molecule has 144 valence electrons. The zero-order valence-electron chi connectivity index (χ0n) is 14.5. The van der Waals surface area contributed by atoms with E-state index in [4.69, 9.17) is 9.47 Å². The average molecular weight is 440 g/mol. The molecule has 0 saturated heterocycles. The van der Waals surface area contributed by atoms with Crippen molar-refractivity contribution in [1.82, 2.24) is 16.0 Å². The van der Waals surface area contributed by atoms with Crippen molar-refractivity contribution in [2.45, 2.75) is 6.92 Å². The lowest BCUT2D eigenvalue weighted by Crippen LogP contribution is -2.45. The number of hydrogen-bond acceptors (Lipinski definition) is 6.